The van der Waals surface area contributed by atoms with Crippen LogP contribution >= 0.6 is 0 Å². The highest BCUT2D eigenvalue weighted by molar-refractivity contribution is 5.96. The molecule has 0 aromatic heterocycles. The van der Waals surface area contributed by atoms with Gasteiger partial charge in [-0.25, -0.2) is 0 Å². The fourth-order valence-corrected chi connectivity index (χ4v) is 3.17. The van der Waals surface area contributed by atoms with E-state index in [4.69, 9.17) is 0 Å². The largest absolute Gasteiger partial charge is 0.508 e. The topological polar surface area (TPSA) is 69.6 Å². The number of aromatic hydroxyl groups is 1. The van der Waals surface area contributed by atoms with Crippen LogP contribution in [0.1, 0.15) is 48.5 Å². The summed E-state index contributed by atoms with van der Waals surface area (Å²) in [7, 11) is 0. The summed E-state index contributed by atoms with van der Waals surface area (Å²) in [6.07, 6.45) is 3.80. The summed E-state index contributed by atoms with van der Waals surface area (Å²) in [5.74, 6) is 0.491. The van der Waals surface area contributed by atoms with Gasteiger partial charge < -0.3 is 15.5 Å². The Bertz CT molecular complexity index is 500. The number of nitrogens with one attached hydrogen (secondary N) is 1. The Hall–Kier alpha value is -1.55. The molecule has 3 N–H and O–H groups in total. The number of phenolic OH excluding ortho intramolecular Hbond substituents is 1. The van der Waals surface area contributed by atoms with Crippen molar-refractivity contribution < 1.29 is 15.0 Å². The zero-order chi connectivity index (χ0) is 14.8. The second kappa shape index (κ2) is 5.83. The third-order valence-electron chi connectivity index (χ3n) is 4.23. The fraction of sp³-hybridized carbons (Fsp3) is 0.562. The molecule has 0 bridgehead atoms. The number of aliphatic hydroxyl groups excluding tert-OH is 1. The van der Waals surface area contributed by atoms with Crippen LogP contribution < -0.4 is 5.32 Å². The highest BCUT2D eigenvalue weighted by atomic mass is 16.3. The van der Waals surface area contributed by atoms with E-state index in [-0.39, 0.29) is 18.3 Å². The maximum Gasteiger partial charge on any atom is 0.252 e. The van der Waals surface area contributed by atoms with E-state index in [1.54, 1.807) is 19.1 Å². The number of carbonyl (C=O) groups is 1. The summed E-state index contributed by atoms with van der Waals surface area (Å²) in [6.45, 7) is 3.92. The van der Waals surface area contributed by atoms with Gasteiger partial charge in [-0.2, -0.15) is 0 Å². The van der Waals surface area contributed by atoms with Crippen molar-refractivity contribution in [2.75, 3.05) is 6.61 Å². The van der Waals surface area contributed by atoms with Crippen LogP contribution in [0.3, 0.4) is 0 Å². The van der Waals surface area contributed by atoms with Crippen LogP contribution in [0.5, 0.6) is 5.75 Å². The number of aryl methyl sites for hydroxylation is 1. The van der Waals surface area contributed by atoms with Crippen LogP contribution in [0.2, 0.25) is 0 Å². The Morgan fingerprint density at radius 3 is 2.85 bits per heavy atom. The normalized spacial score (nSPS) is 26.2. The summed E-state index contributed by atoms with van der Waals surface area (Å²) >= 11 is 0. The van der Waals surface area contributed by atoms with E-state index < -0.39 is 5.54 Å². The van der Waals surface area contributed by atoms with Gasteiger partial charge in [0.1, 0.15) is 5.75 Å². The number of hydrogen-bond donors (Lipinski definition) is 3. The van der Waals surface area contributed by atoms with Gasteiger partial charge in [0.2, 0.25) is 0 Å². The average molecular weight is 277 g/mol. The average Bonchev–Trinajstić information content (AvgIpc) is 2.38. The molecule has 1 fully saturated rings. The molecule has 1 aliphatic carbocycles. The lowest BCUT2D eigenvalue weighted by Gasteiger charge is -2.39. The zero-order valence-corrected chi connectivity index (χ0v) is 12.1. The van der Waals surface area contributed by atoms with Gasteiger partial charge in [0, 0.05) is 5.56 Å². The van der Waals surface area contributed by atoms with E-state index in [1.807, 2.05) is 0 Å². The Balaban J connectivity index is 2.16. The minimum absolute atomic E-state index is 0.0276. The van der Waals surface area contributed by atoms with E-state index in [0.717, 1.165) is 31.2 Å². The Morgan fingerprint density at radius 1 is 1.50 bits per heavy atom. The molecular formula is C16H23NO3. The number of amides is 1. The van der Waals surface area contributed by atoms with Crippen molar-refractivity contribution in [2.24, 2.45) is 5.92 Å². The lowest BCUT2D eigenvalue weighted by molar-refractivity contribution is 0.0696. The van der Waals surface area contributed by atoms with Crippen molar-refractivity contribution in [3.05, 3.63) is 29.3 Å². The highest BCUT2D eigenvalue weighted by Crippen LogP contribution is 2.32. The van der Waals surface area contributed by atoms with Crippen LogP contribution in [-0.4, -0.2) is 28.3 Å². The van der Waals surface area contributed by atoms with E-state index in [1.165, 1.54) is 6.07 Å². The SMILES string of the molecule is Cc1cc(O)ccc1C(=O)NC1(CO)CCCC(C)C1. The maximum absolute atomic E-state index is 12.4. The Morgan fingerprint density at radius 2 is 2.25 bits per heavy atom. The maximum atomic E-state index is 12.4. The zero-order valence-electron chi connectivity index (χ0n) is 12.1. The summed E-state index contributed by atoms with van der Waals surface area (Å²) in [6, 6.07) is 4.71. The lowest BCUT2D eigenvalue weighted by Crippen LogP contribution is -2.54. The molecule has 1 saturated carbocycles. The second-order valence-electron chi connectivity index (χ2n) is 6.09. The quantitative estimate of drug-likeness (QED) is 0.794. The lowest BCUT2D eigenvalue weighted by atomic mass is 9.76. The molecule has 1 aromatic rings. The third kappa shape index (κ3) is 3.12. The number of phenols is 1. The van der Waals surface area contributed by atoms with Crippen molar-refractivity contribution in [2.45, 2.75) is 45.1 Å². The molecule has 1 aliphatic rings. The van der Waals surface area contributed by atoms with Gasteiger partial charge >= 0.3 is 0 Å². The van der Waals surface area contributed by atoms with E-state index in [0.29, 0.717) is 11.5 Å². The first-order valence-corrected chi connectivity index (χ1v) is 7.19. The minimum atomic E-state index is -0.501. The molecule has 2 unspecified atom stereocenters. The number of carbonyl (C=O) groups excluding carboxylic acids is 1. The molecule has 4 heteroatoms. The first-order chi connectivity index (χ1) is 9.46. The molecule has 0 heterocycles. The van der Waals surface area contributed by atoms with Gasteiger partial charge in [-0.1, -0.05) is 19.8 Å². The van der Waals surface area contributed by atoms with Gasteiger partial charge in [0.15, 0.2) is 0 Å². The van der Waals surface area contributed by atoms with E-state index in [2.05, 4.69) is 12.2 Å². The number of hydrogen-bond acceptors (Lipinski definition) is 3. The van der Waals surface area contributed by atoms with Gasteiger partial charge in [0.25, 0.3) is 5.91 Å². The molecule has 0 spiro atoms. The van der Waals surface area contributed by atoms with Gasteiger partial charge in [-0.15, -0.1) is 0 Å². The molecular weight excluding hydrogens is 254 g/mol. The van der Waals surface area contributed by atoms with Crippen LogP contribution in [-0.2, 0) is 0 Å². The predicted octanol–water partition coefficient (Wildman–Crippen LogP) is 2.37. The molecule has 4 nitrogen and oxygen atoms in total. The van der Waals surface area contributed by atoms with Crippen LogP contribution in [0, 0.1) is 12.8 Å². The smallest absolute Gasteiger partial charge is 0.252 e. The standard InChI is InChI=1S/C16H23NO3/c1-11-4-3-7-16(9-11,10-18)17-15(20)14-6-5-13(19)8-12(14)2/h5-6,8,11,18-19H,3-4,7,9-10H2,1-2H3,(H,17,20). The van der Waals surface area contributed by atoms with Crippen LogP contribution in [0.15, 0.2) is 18.2 Å². The summed E-state index contributed by atoms with van der Waals surface area (Å²) < 4.78 is 0. The fourth-order valence-electron chi connectivity index (χ4n) is 3.17. The summed E-state index contributed by atoms with van der Waals surface area (Å²) in [5.41, 5.74) is 0.785. The van der Waals surface area contributed by atoms with Gasteiger partial charge in [0.05, 0.1) is 12.1 Å². The molecule has 110 valence electrons. The molecule has 1 amide bonds. The van der Waals surface area contributed by atoms with Crippen molar-refractivity contribution in [1.29, 1.82) is 0 Å². The minimum Gasteiger partial charge on any atom is -0.508 e. The van der Waals surface area contributed by atoms with Crippen molar-refractivity contribution in [3.8, 4) is 5.75 Å². The molecule has 2 rings (SSSR count). The molecule has 0 aliphatic heterocycles. The summed E-state index contributed by atoms with van der Waals surface area (Å²) in [5, 5.41) is 22.1. The second-order valence-corrected chi connectivity index (χ2v) is 6.09. The van der Waals surface area contributed by atoms with E-state index in [9.17, 15) is 15.0 Å². The molecule has 20 heavy (non-hydrogen) atoms. The number of rotatable bonds is 3. The van der Waals surface area contributed by atoms with Crippen molar-refractivity contribution >= 4 is 5.91 Å². The third-order valence-corrected chi connectivity index (χ3v) is 4.23. The van der Waals surface area contributed by atoms with Crippen molar-refractivity contribution in [1.82, 2.24) is 5.32 Å². The molecule has 2 atom stereocenters. The number of aliphatic hydroxyl groups is 1. The molecule has 0 saturated heterocycles. The Labute approximate surface area is 119 Å². The van der Waals surface area contributed by atoms with Crippen LogP contribution in [0.25, 0.3) is 0 Å². The van der Waals surface area contributed by atoms with Gasteiger partial charge in [-0.05, 0) is 49.4 Å². The predicted molar refractivity (Wildman–Crippen MR) is 77.8 cm³/mol. The summed E-state index contributed by atoms with van der Waals surface area (Å²) in [4.78, 5) is 12.4. The van der Waals surface area contributed by atoms with Crippen LogP contribution in [0.4, 0.5) is 0 Å². The molecule has 1 aromatic carbocycles. The molecule has 0 radical (unpaired) electrons. The highest BCUT2D eigenvalue weighted by Gasteiger charge is 2.36. The monoisotopic (exact) mass is 277 g/mol. The first-order valence-electron chi connectivity index (χ1n) is 7.19. The van der Waals surface area contributed by atoms with E-state index >= 15 is 0 Å². The van der Waals surface area contributed by atoms with Crippen molar-refractivity contribution in [3.63, 3.8) is 0 Å². The van der Waals surface area contributed by atoms with Gasteiger partial charge in [-0.3, -0.25) is 4.79 Å². The first kappa shape index (κ1) is 14.9. The number of benzene rings is 1. The Kier molecular flexibility index (Phi) is 4.33.